The van der Waals surface area contributed by atoms with Gasteiger partial charge in [-0.15, -0.1) is 0 Å². The van der Waals surface area contributed by atoms with Crippen molar-refractivity contribution in [1.29, 1.82) is 5.26 Å². The summed E-state index contributed by atoms with van der Waals surface area (Å²) in [6.45, 7) is 0. The summed E-state index contributed by atoms with van der Waals surface area (Å²) in [5.74, 6) is 0. The van der Waals surface area contributed by atoms with Crippen LogP contribution in [0.5, 0.6) is 0 Å². The third-order valence-electron chi connectivity index (χ3n) is 10.9. The Labute approximate surface area is 308 Å². The normalized spacial score (nSPS) is 13.0. The van der Waals surface area contributed by atoms with Crippen molar-refractivity contribution in [1.82, 2.24) is 4.57 Å². The van der Waals surface area contributed by atoms with Crippen LogP contribution in [0.25, 0.3) is 38.6 Å². The first-order valence-corrected chi connectivity index (χ1v) is 18.0. The molecule has 0 unspecified atom stereocenters. The monoisotopic (exact) mass is 675 g/mol. The quantitative estimate of drug-likeness (QED) is 0.182. The van der Waals surface area contributed by atoms with E-state index in [1.165, 1.54) is 22.3 Å². The molecule has 10 rings (SSSR count). The number of aromatic nitrogens is 1. The maximum absolute atomic E-state index is 10.6. The third kappa shape index (κ3) is 4.53. The van der Waals surface area contributed by atoms with Crippen LogP contribution in [0.2, 0.25) is 0 Å². The molecule has 0 saturated heterocycles. The van der Waals surface area contributed by atoms with Gasteiger partial charge in [-0.25, -0.2) is 0 Å². The summed E-state index contributed by atoms with van der Waals surface area (Å²) in [6.07, 6.45) is 0. The molecule has 0 radical (unpaired) electrons. The van der Waals surface area contributed by atoms with Crippen molar-refractivity contribution >= 4 is 38.9 Å². The molecule has 1 aliphatic rings. The highest BCUT2D eigenvalue weighted by atomic mass is 15.2. The molecular formula is C50H33N3. The van der Waals surface area contributed by atoms with Crippen LogP contribution in [0.3, 0.4) is 0 Å². The highest BCUT2D eigenvalue weighted by molar-refractivity contribution is 6.10. The summed E-state index contributed by atoms with van der Waals surface area (Å²) in [5.41, 5.74) is 13.4. The molecule has 0 atom stereocenters. The van der Waals surface area contributed by atoms with Crippen molar-refractivity contribution in [3.8, 4) is 22.9 Å². The minimum atomic E-state index is -0.533. The van der Waals surface area contributed by atoms with Gasteiger partial charge in [0.1, 0.15) is 6.07 Å². The molecule has 8 aromatic carbocycles. The molecule has 0 bridgehead atoms. The molecular weight excluding hydrogens is 643 g/mol. The Hall–Kier alpha value is -7.15. The zero-order valence-electron chi connectivity index (χ0n) is 28.9. The number of benzene rings is 8. The van der Waals surface area contributed by atoms with Gasteiger partial charge in [-0.3, -0.25) is 0 Å². The zero-order chi connectivity index (χ0) is 35.4. The summed E-state index contributed by atoms with van der Waals surface area (Å²) < 4.78 is 2.27. The van der Waals surface area contributed by atoms with Crippen LogP contribution in [0.4, 0.5) is 17.1 Å². The van der Waals surface area contributed by atoms with Gasteiger partial charge in [0, 0.05) is 22.0 Å². The Bertz CT molecular complexity index is 2720. The van der Waals surface area contributed by atoms with E-state index in [9.17, 15) is 5.26 Å². The van der Waals surface area contributed by atoms with Gasteiger partial charge in [0.25, 0.3) is 0 Å². The second-order valence-corrected chi connectivity index (χ2v) is 13.6. The average molecular weight is 676 g/mol. The van der Waals surface area contributed by atoms with Gasteiger partial charge < -0.3 is 9.47 Å². The van der Waals surface area contributed by atoms with Gasteiger partial charge >= 0.3 is 0 Å². The first kappa shape index (κ1) is 30.7. The molecule has 0 spiro atoms. The molecule has 0 saturated carbocycles. The fourth-order valence-electron chi connectivity index (χ4n) is 8.77. The van der Waals surface area contributed by atoms with Crippen molar-refractivity contribution < 1.29 is 0 Å². The first-order valence-electron chi connectivity index (χ1n) is 18.0. The summed E-state index contributed by atoms with van der Waals surface area (Å²) in [4.78, 5) is 2.41. The third-order valence-corrected chi connectivity index (χ3v) is 10.9. The van der Waals surface area contributed by atoms with Crippen LogP contribution in [0.1, 0.15) is 27.8 Å². The predicted molar refractivity (Wildman–Crippen MR) is 217 cm³/mol. The number of nitriles is 1. The molecule has 53 heavy (non-hydrogen) atoms. The lowest BCUT2D eigenvalue weighted by Crippen LogP contribution is -2.37. The number of rotatable bonds is 5. The van der Waals surface area contributed by atoms with Crippen molar-refractivity contribution in [2.45, 2.75) is 5.41 Å². The Morgan fingerprint density at radius 3 is 1.55 bits per heavy atom. The van der Waals surface area contributed by atoms with Gasteiger partial charge in [0.2, 0.25) is 0 Å². The summed E-state index contributed by atoms with van der Waals surface area (Å²) in [7, 11) is 0. The van der Waals surface area contributed by atoms with E-state index in [2.05, 4.69) is 204 Å². The fraction of sp³-hybridized carbons (Fsp3) is 0.0200. The standard InChI is InChI=1S/C50H33N3/c51-34-36-18-16-26-40(49(36)53-45-29-11-7-24-41(45)42-25-8-12-30-46(42)53)35-17-15-23-39(33-35)52-47-31-13-9-27-43(47)50(37-19-3-1-4-20-37,38-21-5-2-6-22-38)44-28-10-14-32-48(44)52/h1-33H. The maximum Gasteiger partial charge on any atom is 0.101 e. The van der Waals surface area contributed by atoms with E-state index < -0.39 is 5.41 Å². The highest BCUT2D eigenvalue weighted by Gasteiger charge is 2.46. The fourth-order valence-corrected chi connectivity index (χ4v) is 8.77. The topological polar surface area (TPSA) is 32.0 Å². The molecule has 1 aliphatic heterocycles. The lowest BCUT2D eigenvalue weighted by Gasteiger charge is -2.46. The molecule has 3 heteroatoms. The molecule has 0 N–H and O–H groups in total. The maximum atomic E-state index is 10.6. The Kier molecular flexibility index (Phi) is 7.09. The van der Waals surface area contributed by atoms with E-state index in [0.717, 1.165) is 55.7 Å². The number of hydrogen-bond donors (Lipinski definition) is 0. The second-order valence-electron chi connectivity index (χ2n) is 13.6. The zero-order valence-corrected chi connectivity index (χ0v) is 28.9. The SMILES string of the molecule is N#Cc1cccc(-c2cccc(N3c4ccccc4C(c4ccccc4)(c4ccccc4)c4ccccc43)c2)c1-n1c2ccccc2c2ccccc21. The van der Waals surface area contributed by atoms with E-state index in [0.29, 0.717) is 5.56 Å². The molecule has 9 aromatic rings. The summed E-state index contributed by atoms with van der Waals surface area (Å²) in [6, 6.07) is 73.8. The minimum Gasteiger partial charge on any atom is -0.310 e. The van der Waals surface area contributed by atoms with Crippen LogP contribution in [0.15, 0.2) is 200 Å². The molecule has 0 amide bonds. The number of para-hydroxylation sites is 5. The average Bonchev–Trinajstić information content (AvgIpc) is 3.57. The van der Waals surface area contributed by atoms with Crippen molar-refractivity contribution in [2.75, 3.05) is 4.90 Å². The van der Waals surface area contributed by atoms with Gasteiger partial charge in [-0.2, -0.15) is 5.26 Å². The van der Waals surface area contributed by atoms with E-state index in [1.807, 2.05) is 12.1 Å². The van der Waals surface area contributed by atoms with Crippen molar-refractivity contribution in [2.24, 2.45) is 0 Å². The molecule has 3 nitrogen and oxygen atoms in total. The molecule has 0 fully saturated rings. The van der Waals surface area contributed by atoms with Gasteiger partial charge in [0.05, 0.1) is 39.1 Å². The molecule has 0 aliphatic carbocycles. The Morgan fingerprint density at radius 2 is 0.962 bits per heavy atom. The first-order chi connectivity index (χ1) is 26.3. The number of hydrogen-bond acceptors (Lipinski definition) is 2. The van der Waals surface area contributed by atoms with Crippen LogP contribution in [-0.2, 0) is 5.41 Å². The van der Waals surface area contributed by atoms with Crippen molar-refractivity contribution in [3.63, 3.8) is 0 Å². The second kappa shape index (κ2) is 12.3. The van der Waals surface area contributed by atoms with Gasteiger partial charge in [-0.1, -0.05) is 158 Å². The molecule has 248 valence electrons. The number of nitrogens with zero attached hydrogens (tertiary/aromatic N) is 3. The number of anilines is 3. The summed E-state index contributed by atoms with van der Waals surface area (Å²) >= 11 is 0. The van der Waals surface area contributed by atoms with Crippen LogP contribution in [0, 0.1) is 11.3 Å². The van der Waals surface area contributed by atoms with Gasteiger partial charge in [0.15, 0.2) is 0 Å². The van der Waals surface area contributed by atoms with Crippen molar-refractivity contribution in [3.05, 3.63) is 228 Å². The Balaban J connectivity index is 1.22. The molecule has 2 heterocycles. The lowest BCUT2D eigenvalue weighted by molar-refractivity contribution is 0.731. The van der Waals surface area contributed by atoms with E-state index in [-0.39, 0.29) is 0 Å². The summed E-state index contributed by atoms with van der Waals surface area (Å²) in [5, 5.41) is 12.9. The van der Waals surface area contributed by atoms with Crippen LogP contribution in [-0.4, -0.2) is 4.57 Å². The Morgan fingerprint density at radius 1 is 0.453 bits per heavy atom. The lowest BCUT2D eigenvalue weighted by atomic mass is 9.62. The highest BCUT2D eigenvalue weighted by Crippen LogP contribution is 2.57. The minimum absolute atomic E-state index is 0.533. The largest absolute Gasteiger partial charge is 0.310 e. The van der Waals surface area contributed by atoms with Crippen LogP contribution >= 0.6 is 0 Å². The van der Waals surface area contributed by atoms with Gasteiger partial charge in [-0.05, 0) is 70.3 Å². The van der Waals surface area contributed by atoms with E-state index >= 15 is 0 Å². The van der Waals surface area contributed by atoms with Crippen LogP contribution < -0.4 is 4.90 Å². The molecule has 1 aromatic heterocycles. The van der Waals surface area contributed by atoms with E-state index in [4.69, 9.17) is 0 Å². The van der Waals surface area contributed by atoms with E-state index in [1.54, 1.807) is 0 Å². The predicted octanol–water partition coefficient (Wildman–Crippen LogP) is 12.5. The smallest absolute Gasteiger partial charge is 0.101 e. The number of fused-ring (bicyclic) bond motifs is 5.